The van der Waals surface area contributed by atoms with Crippen molar-refractivity contribution in [1.29, 1.82) is 0 Å². The van der Waals surface area contributed by atoms with Crippen molar-refractivity contribution in [2.24, 2.45) is 16.3 Å². The van der Waals surface area contributed by atoms with Gasteiger partial charge in [0.15, 0.2) is 0 Å². The van der Waals surface area contributed by atoms with Gasteiger partial charge in [-0.05, 0) is 45.7 Å². The monoisotopic (exact) mass is 282 g/mol. The minimum atomic E-state index is -0.247. The van der Waals surface area contributed by atoms with Crippen LogP contribution in [0.3, 0.4) is 0 Å². The van der Waals surface area contributed by atoms with Crippen molar-refractivity contribution in [2.45, 2.75) is 70.5 Å². The highest BCUT2D eigenvalue weighted by atomic mass is 16.4. The second-order valence-electron chi connectivity index (χ2n) is 7.15. The summed E-state index contributed by atoms with van der Waals surface area (Å²) in [5.41, 5.74) is 5.48. The van der Waals surface area contributed by atoms with E-state index in [1.165, 1.54) is 32.1 Å². The molecule has 5 heteroatoms. The topological polar surface area (TPSA) is 73.9 Å². The molecule has 0 radical (unpaired) electrons. The number of rotatable bonds is 5. The van der Waals surface area contributed by atoms with Crippen LogP contribution in [0, 0.1) is 5.41 Å². The molecule has 2 aliphatic heterocycles. The maximum Gasteiger partial charge on any atom is 0.144 e. The van der Waals surface area contributed by atoms with E-state index in [1.807, 2.05) is 13.8 Å². The first-order chi connectivity index (χ1) is 9.44. The molecule has 2 atom stereocenters. The van der Waals surface area contributed by atoms with Gasteiger partial charge in [0.1, 0.15) is 5.84 Å². The Labute approximate surface area is 122 Å². The normalized spacial score (nSPS) is 32.4. The summed E-state index contributed by atoms with van der Waals surface area (Å²) < 4.78 is 0. The van der Waals surface area contributed by atoms with Gasteiger partial charge in [-0.2, -0.15) is 0 Å². The Morgan fingerprint density at radius 2 is 1.95 bits per heavy atom. The van der Waals surface area contributed by atoms with E-state index in [1.54, 1.807) is 0 Å². The summed E-state index contributed by atoms with van der Waals surface area (Å²) in [6, 6.07) is 2.15. The third-order valence-electron chi connectivity index (χ3n) is 5.32. The highest BCUT2D eigenvalue weighted by Gasteiger charge is 2.35. The molecule has 20 heavy (non-hydrogen) atoms. The maximum atomic E-state index is 8.79. The minimum absolute atomic E-state index is 0.247. The highest BCUT2D eigenvalue weighted by molar-refractivity contribution is 5.85. The van der Waals surface area contributed by atoms with Gasteiger partial charge in [-0.25, -0.2) is 0 Å². The fraction of sp³-hybridized carbons (Fsp3) is 0.933. The quantitative estimate of drug-likeness (QED) is 0.311. The lowest BCUT2D eigenvalue weighted by Gasteiger charge is -2.47. The van der Waals surface area contributed by atoms with Crippen LogP contribution in [0.15, 0.2) is 5.16 Å². The second kappa shape index (κ2) is 6.31. The molecule has 2 saturated heterocycles. The van der Waals surface area contributed by atoms with Crippen LogP contribution >= 0.6 is 0 Å². The summed E-state index contributed by atoms with van der Waals surface area (Å²) in [6.07, 6.45) is 7.50. The molecule has 4 N–H and O–H groups in total. The molecule has 2 aliphatic rings. The molecular weight excluding hydrogens is 252 g/mol. The zero-order valence-corrected chi connectivity index (χ0v) is 13.1. The zero-order valence-electron chi connectivity index (χ0n) is 13.1. The molecule has 0 aromatic rings. The van der Waals surface area contributed by atoms with Gasteiger partial charge in [-0.3, -0.25) is 0 Å². The van der Waals surface area contributed by atoms with Crippen LogP contribution in [0.4, 0.5) is 0 Å². The summed E-state index contributed by atoms with van der Waals surface area (Å²) in [7, 11) is 2.28. The van der Waals surface area contributed by atoms with E-state index in [-0.39, 0.29) is 5.41 Å². The Morgan fingerprint density at radius 3 is 2.50 bits per heavy atom. The fourth-order valence-electron chi connectivity index (χ4n) is 3.63. The largest absolute Gasteiger partial charge is 0.409 e. The van der Waals surface area contributed by atoms with Crippen LogP contribution in [-0.4, -0.2) is 47.7 Å². The average Bonchev–Trinajstić information content (AvgIpc) is 2.38. The summed E-state index contributed by atoms with van der Waals surface area (Å²) in [4.78, 5) is 2.59. The number of hydrogen-bond donors (Lipinski definition) is 3. The molecule has 2 unspecified atom stereocenters. The van der Waals surface area contributed by atoms with E-state index < -0.39 is 0 Å². The van der Waals surface area contributed by atoms with Gasteiger partial charge in [-0.1, -0.05) is 25.4 Å². The molecule has 0 aliphatic carbocycles. The third kappa shape index (κ3) is 3.44. The zero-order chi connectivity index (χ0) is 14.8. The van der Waals surface area contributed by atoms with Gasteiger partial charge in [0.25, 0.3) is 0 Å². The Kier molecular flexibility index (Phi) is 4.91. The standard InChI is InChI=1S/C15H30N4O/c1-15(2,14(16)18-20)7-8-17-11-9-12-5-4-6-13(10-11)19(12)3/h11-13,17,20H,4-10H2,1-3H3,(H2,16,18). The van der Waals surface area contributed by atoms with Gasteiger partial charge >= 0.3 is 0 Å². The van der Waals surface area contributed by atoms with Crippen LogP contribution in [0.1, 0.15) is 52.4 Å². The number of hydrogen-bond acceptors (Lipinski definition) is 4. The smallest absolute Gasteiger partial charge is 0.144 e. The lowest BCUT2D eigenvalue weighted by atomic mass is 9.82. The van der Waals surface area contributed by atoms with Crippen molar-refractivity contribution >= 4 is 5.84 Å². The van der Waals surface area contributed by atoms with Crippen LogP contribution in [0.5, 0.6) is 0 Å². The van der Waals surface area contributed by atoms with Crippen LogP contribution in [-0.2, 0) is 0 Å². The number of fused-ring (bicyclic) bond motifs is 2. The summed E-state index contributed by atoms with van der Waals surface area (Å²) in [6.45, 7) is 4.97. The van der Waals surface area contributed by atoms with Gasteiger partial charge < -0.3 is 21.2 Å². The van der Waals surface area contributed by atoms with Crippen LogP contribution in [0.2, 0.25) is 0 Å². The number of oxime groups is 1. The Balaban J connectivity index is 1.78. The van der Waals surface area contributed by atoms with Gasteiger partial charge in [0, 0.05) is 23.5 Å². The Bertz CT molecular complexity index is 342. The molecular formula is C15H30N4O. The number of amidine groups is 1. The predicted octanol–water partition coefficient (Wildman–Crippen LogP) is 1.75. The molecule has 2 heterocycles. The molecule has 0 aromatic heterocycles. The summed E-state index contributed by atoms with van der Waals surface area (Å²) >= 11 is 0. The number of nitrogens with two attached hydrogens (primary N) is 1. The van der Waals surface area contributed by atoms with E-state index in [2.05, 4.69) is 22.4 Å². The minimum Gasteiger partial charge on any atom is -0.409 e. The van der Waals surface area contributed by atoms with Crippen molar-refractivity contribution in [2.75, 3.05) is 13.6 Å². The predicted molar refractivity (Wildman–Crippen MR) is 82.0 cm³/mol. The maximum absolute atomic E-state index is 8.79. The van der Waals surface area contributed by atoms with E-state index in [0.717, 1.165) is 25.0 Å². The Hall–Kier alpha value is -0.810. The van der Waals surface area contributed by atoms with E-state index in [9.17, 15) is 0 Å². The molecule has 0 saturated carbocycles. The van der Waals surface area contributed by atoms with Crippen molar-refractivity contribution < 1.29 is 5.21 Å². The first-order valence-electron chi connectivity index (χ1n) is 7.87. The van der Waals surface area contributed by atoms with Crippen molar-refractivity contribution in [1.82, 2.24) is 10.2 Å². The van der Waals surface area contributed by atoms with Crippen molar-refractivity contribution in [3.63, 3.8) is 0 Å². The van der Waals surface area contributed by atoms with Crippen molar-refractivity contribution in [3.05, 3.63) is 0 Å². The van der Waals surface area contributed by atoms with Crippen LogP contribution in [0.25, 0.3) is 0 Å². The molecule has 0 aromatic carbocycles. The van der Waals surface area contributed by atoms with Gasteiger partial charge in [-0.15, -0.1) is 0 Å². The first-order valence-corrected chi connectivity index (χ1v) is 7.87. The third-order valence-corrected chi connectivity index (χ3v) is 5.32. The van der Waals surface area contributed by atoms with E-state index >= 15 is 0 Å². The molecule has 116 valence electrons. The molecule has 2 bridgehead atoms. The molecule has 0 spiro atoms. The number of piperidine rings is 2. The van der Waals surface area contributed by atoms with Crippen molar-refractivity contribution in [3.8, 4) is 0 Å². The fourth-order valence-corrected chi connectivity index (χ4v) is 3.63. The van der Waals surface area contributed by atoms with Crippen LogP contribution < -0.4 is 11.1 Å². The lowest BCUT2D eigenvalue weighted by Crippen LogP contribution is -2.54. The molecule has 0 amide bonds. The molecule has 2 fully saturated rings. The highest BCUT2D eigenvalue weighted by Crippen LogP contribution is 2.32. The molecule has 2 rings (SSSR count). The van der Waals surface area contributed by atoms with E-state index in [4.69, 9.17) is 10.9 Å². The first kappa shape index (κ1) is 15.6. The number of nitrogens with zero attached hydrogens (tertiary/aromatic N) is 2. The average molecular weight is 282 g/mol. The molecule has 5 nitrogen and oxygen atoms in total. The second-order valence-corrected chi connectivity index (χ2v) is 7.15. The summed E-state index contributed by atoms with van der Waals surface area (Å²) in [5.74, 6) is 0.319. The summed E-state index contributed by atoms with van der Waals surface area (Å²) in [5, 5.41) is 15.6. The SMILES string of the molecule is CN1C2CCCC1CC(NCCC(C)(C)C(N)=NO)C2. The van der Waals surface area contributed by atoms with Gasteiger partial charge in [0.05, 0.1) is 0 Å². The number of nitrogens with one attached hydrogen (secondary N) is 1. The lowest BCUT2D eigenvalue weighted by molar-refractivity contribution is 0.0483. The van der Waals surface area contributed by atoms with Gasteiger partial charge in [0.2, 0.25) is 0 Å². The van der Waals surface area contributed by atoms with E-state index in [0.29, 0.717) is 11.9 Å². The Morgan fingerprint density at radius 1 is 1.35 bits per heavy atom.